The minimum atomic E-state index is 0.346. The van der Waals surface area contributed by atoms with Crippen molar-refractivity contribution in [3.8, 4) is 5.82 Å². The molecule has 2 aromatic rings. The standard InChI is InChI=1S/C8H11N5/c1-6(2)8-12-10-5-13(8)7-3-4-9-11-7/h3-6H,1-2H3,(H,9,11). The first-order valence-corrected chi connectivity index (χ1v) is 4.19. The van der Waals surface area contributed by atoms with Gasteiger partial charge in [-0.15, -0.1) is 10.2 Å². The van der Waals surface area contributed by atoms with Crippen LogP contribution in [-0.2, 0) is 0 Å². The molecule has 5 heteroatoms. The van der Waals surface area contributed by atoms with Crippen LogP contribution < -0.4 is 0 Å². The smallest absolute Gasteiger partial charge is 0.161 e. The summed E-state index contributed by atoms with van der Waals surface area (Å²) in [5, 5.41) is 14.7. The van der Waals surface area contributed by atoms with E-state index in [4.69, 9.17) is 0 Å². The Balaban J connectivity index is 2.46. The molecule has 0 saturated heterocycles. The number of nitrogens with one attached hydrogen (secondary N) is 1. The molecule has 0 aromatic carbocycles. The first-order valence-electron chi connectivity index (χ1n) is 4.19. The number of aromatic amines is 1. The van der Waals surface area contributed by atoms with Gasteiger partial charge in [0, 0.05) is 18.2 Å². The van der Waals surface area contributed by atoms with E-state index in [2.05, 4.69) is 34.2 Å². The van der Waals surface area contributed by atoms with E-state index in [1.165, 1.54) is 0 Å². The van der Waals surface area contributed by atoms with E-state index in [0.717, 1.165) is 11.6 Å². The van der Waals surface area contributed by atoms with Crippen LogP contribution in [0.2, 0.25) is 0 Å². The van der Waals surface area contributed by atoms with Crippen molar-refractivity contribution in [1.82, 2.24) is 25.0 Å². The minimum Gasteiger partial charge on any atom is -0.284 e. The zero-order valence-corrected chi connectivity index (χ0v) is 7.60. The largest absolute Gasteiger partial charge is 0.284 e. The number of H-pyrrole nitrogens is 1. The summed E-state index contributed by atoms with van der Waals surface area (Å²) in [5.41, 5.74) is 0. The highest BCUT2D eigenvalue weighted by molar-refractivity contribution is 5.21. The third-order valence-electron chi connectivity index (χ3n) is 1.82. The van der Waals surface area contributed by atoms with Gasteiger partial charge in [0.1, 0.15) is 12.2 Å². The summed E-state index contributed by atoms with van der Waals surface area (Å²) in [7, 11) is 0. The quantitative estimate of drug-likeness (QED) is 0.747. The van der Waals surface area contributed by atoms with Crippen molar-refractivity contribution in [3.63, 3.8) is 0 Å². The van der Waals surface area contributed by atoms with Crippen LogP contribution in [0, 0.1) is 0 Å². The van der Waals surface area contributed by atoms with Gasteiger partial charge in [0.2, 0.25) is 0 Å². The van der Waals surface area contributed by atoms with E-state index >= 15 is 0 Å². The summed E-state index contributed by atoms with van der Waals surface area (Å²) in [6, 6.07) is 1.88. The topological polar surface area (TPSA) is 59.4 Å². The van der Waals surface area contributed by atoms with E-state index in [1.54, 1.807) is 12.5 Å². The number of hydrogen-bond acceptors (Lipinski definition) is 3. The molecule has 0 unspecified atom stereocenters. The summed E-state index contributed by atoms with van der Waals surface area (Å²) in [5.74, 6) is 2.10. The van der Waals surface area contributed by atoms with Crippen LogP contribution in [-0.4, -0.2) is 25.0 Å². The lowest BCUT2D eigenvalue weighted by molar-refractivity contribution is 0.737. The highest BCUT2D eigenvalue weighted by Crippen LogP contribution is 2.13. The van der Waals surface area contributed by atoms with Crippen molar-refractivity contribution in [3.05, 3.63) is 24.4 Å². The molecule has 0 atom stereocenters. The van der Waals surface area contributed by atoms with Crippen molar-refractivity contribution in [1.29, 1.82) is 0 Å². The number of nitrogens with zero attached hydrogens (tertiary/aromatic N) is 4. The summed E-state index contributed by atoms with van der Waals surface area (Å²) < 4.78 is 1.88. The lowest BCUT2D eigenvalue weighted by Crippen LogP contribution is -2.02. The molecule has 68 valence electrons. The van der Waals surface area contributed by atoms with Crippen LogP contribution in [0.3, 0.4) is 0 Å². The van der Waals surface area contributed by atoms with Crippen LogP contribution in [0.4, 0.5) is 0 Å². The zero-order valence-electron chi connectivity index (χ0n) is 7.60. The molecule has 0 amide bonds. The van der Waals surface area contributed by atoms with Gasteiger partial charge in [-0.25, -0.2) is 0 Å². The maximum absolute atomic E-state index is 4.06. The molecule has 0 fully saturated rings. The lowest BCUT2D eigenvalue weighted by atomic mass is 10.2. The fourth-order valence-corrected chi connectivity index (χ4v) is 1.20. The van der Waals surface area contributed by atoms with Gasteiger partial charge in [0.15, 0.2) is 5.82 Å². The second kappa shape index (κ2) is 3.01. The Morgan fingerprint density at radius 1 is 1.46 bits per heavy atom. The Kier molecular flexibility index (Phi) is 1.84. The molecule has 0 aliphatic heterocycles. The van der Waals surface area contributed by atoms with Gasteiger partial charge in [-0.2, -0.15) is 5.10 Å². The molecule has 2 aromatic heterocycles. The highest BCUT2D eigenvalue weighted by Gasteiger charge is 2.10. The van der Waals surface area contributed by atoms with E-state index in [1.807, 2.05) is 10.6 Å². The summed E-state index contributed by atoms with van der Waals surface area (Å²) in [6.45, 7) is 4.15. The van der Waals surface area contributed by atoms with Gasteiger partial charge in [0.05, 0.1) is 0 Å². The Morgan fingerprint density at radius 2 is 2.31 bits per heavy atom. The van der Waals surface area contributed by atoms with Gasteiger partial charge in [-0.05, 0) is 0 Å². The van der Waals surface area contributed by atoms with Crippen LogP contribution in [0.5, 0.6) is 0 Å². The fourth-order valence-electron chi connectivity index (χ4n) is 1.20. The molecule has 13 heavy (non-hydrogen) atoms. The Labute approximate surface area is 75.8 Å². The summed E-state index contributed by atoms with van der Waals surface area (Å²) >= 11 is 0. The number of hydrogen-bond donors (Lipinski definition) is 1. The second-order valence-electron chi connectivity index (χ2n) is 3.15. The van der Waals surface area contributed by atoms with E-state index in [-0.39, 0.29) is 0 Å². The third kappa shape index (κ3) is 1.32. The fraction of sp³-hybridized carbons (Fsp3) is 0.375. The monoisotopic (exact) mass is 177 g/mol. The van der Waals surface area contributed by atoms with Gasteiger partial charge in [-0.1, -0.05) is 13.8 Å². The molecular weight excluding hydrogens is 166 g/mol. The van der Waals surface area contributed by atoms with Gasteiger partial charge in [-0.3, -0.25) is 9.67 Å². The predicted molar refractivity (Wildman–Crippen MR) is 47.6 cm³/mol. The second-order valence-corrected chi connectivity index (χ2v) is 3.15. The Morgan fingerprint density at radius 3 is 2.92 bits per heavy atom. The van der Waals surface area contributed by atoms with Crippen LogP contribution in [0.1, 0.15) is 25.6 Å². The lowest BCUT2D eigenvalue weighted by Gasteiger charge is -2.04. The van der Waals surface area contributed by atoms with Crippen LogP contribution >= 0.6 is 0 Å². The highest BCUT2D eigenvalue weighted by atomic mass is 15.3. The molecule has 0 radical (unpaired) electrons. The molecule has 5 nitrogen and oxygen atoms in total. The molecule has 0 aliphatic rings. The summed E-state index contributed by atoms with van der Waals surface area (Å²) in [4.78, 5) is 0. The maximum Gasteiger partial charge on any atom is 0.161 e. The molecule has 0 saturated carbocycles. The van der Waals surface area contributed by atoms with E-state index in [0.29, 0.717) is 5.92 Å². The zero-order chi connectivity index (χ0) is 9.26. The molecule has 2 rings (SSSR count). The number of rotatable bonds is 2. The molecule has 0 spiro atoms. The van der Waals surface area contributed by atoms with Crippen LogP contribution in [0.25, 0.3) is 5.82 Å². The maximum atomic E-state index is 4.06. The molecule has 0 bridgehead atoms. The normalized spacial score (nSPS) is 11.0. The van der Waals surface area contributed by atoms with Crippen molar-refractivity contribution >= 4 is 0 Å². The summed E-state index contributed by atoms with van der Waals surface area (Å²) in [6.07, 6.45) is 3.45. The first-order chi connectivity index (χ1) is 6.29. The van der Waals surface area contributed by atoms with Crippen molar-refractivity contribution < 1.29 is 0 Å². The van der Waals surface area contributed by atoms with Gasteiger partial charge >= 0.3 is 0 Å². The van der Waals surface area contributed by atoms with E-state index < -0.39 is 0 Å². The van der Waals surface area contributed by atoms with Crippen molar-refractivity contribution in [2.75, 3.05) is 0 Å². The average Bonchev–Trinajstić information content (AvgIpc) is 2.74. The van der Waals surface area contributed by atoms with Crippen LogP contribution in [0.15, 0.2) is 18.6 Å². The molecule has 2 heterocycles. The van der Waals surface area contributed by atoms with Crippen molar-refractivity contribution in [2.24, 2.45) is 0 Å². The molecular formula is C8H11N5. The minimum absolute atomic E-state index is 0.346. The predicted octanol–water partition coefficient (Wildman–Crippen LogP) is 1.11. The first kappa shape index (κ1) is 7.97. The van der Waals surface area contributed by atoms with Gasteiger partial charge < -0.3 is 0 Å². The Bertz CT molecular complexity index is 373. The third-order valence-corrected chi connectivity index (χ3v) is 1.82. The average molecular weight is 177 g/mol. The van der Waals surface area contributed by atoms with E-state index in [9.17, 15) is 0 Å². The van der Waals surface area contributed by atoms with Gasteiger partial charge in [0.25, 0.3) is 0 Å². The Hall–Kier alpha value is -1.65. The number of aromatic nitrogens is 5. The van der Waals surface area contributed by atoms with Crippen molar-refractivity contribution in [2.45, 2.75) is 19.8 Å². The molecule has 0 aliphatic carbocycles. The molecule has 1 N–H and O–H groups in total. The SMILES string of the molecule is CC(C)c1nncn1-c1cc[nH]n1.